The van der Waals surface area contributed by atoms with Crippen molar-refractivity contribution >= 4 is 46.4 Å². The number of rotatable bonds is 4. The Morgan fingerprint density at radius 2 is 2.28 bits per heavy atom. The number of furan rings is 1. The van der Waals surface area contributed by atoms with Gasteiger partial charge in [0.2, 0.25) is 5.91 Å². The van der Waals surface area contributed by atoms with Gasteiger partial charge in [0.05, 0.1) is 5.71 Å². The number of thioether (sulfide) groups is 1. The van der Waals surface area contributed by atoms with Crippen LogP contribution in [0.1, 0.15) is 10.6 Å². The van der Waals surface area contributed by atoms with Crippen molar-refractivity contribution in [2.45, 2.75) is 5.25 Å². The van der Waals surface area contributed by atoms with E-state index in [-0.39, 0.29) is 24.8 Å². The van der Waals surface area contributed by atoms with E-state index in [1.807, 2.05) is 0 Å². The molecule has 1 N–H and O–H groups in total. The lowest BCUT2D eigenvalue weighted by Crippen LogP contribution is -2.49. The van der Waals surface area contributed by atoms with Gasteiger partial charge < -0.3 is 9.73 Å². The van der Waals surface area contributed by atoms with Gasteiger partial charge in [0, 0.05) is 25.4 Å². The summed E-state index contributed by atoms with van der Waals surface area (Å²) in [6, 6.07) is 4.36. The molecule has 0 aliphatic carbocycles. The van der Waals surface area contributed by atoms with Crippen LogP contribution in [0.15, 0.2) is 45.3 Å². The zero-order valence-electron chi connectivity index (χ0n) is 12.8. The highest BCUT2D eigenvalue weighted by Gasteiger charge is 2.38. The fourth-order valence-electron chi connectivity index (χ4n) is 2.59. The van der Waals surface area contributed by atoms with Gasteiger partial charge in [-0.05, 0) is 23.6 Å². The molecule has 0 fully saturated rings. The topological polar surface area (TPSA) is 105 Å². The molecule has 4 amide bonds. The minimum absolute atomic E-state index is 0.0513. The normalized spacial score (nSPS) is 19.3. The van der Waals surface area contributed by atoms with Crippen molar-refractivity contribution in [2.24, 2.45) is 4.99 Å². The molecule has 8 nitrogen and oxygen atoms in total. The van der Waals surface area contributed by atoms with Crippen molar-refractivity contribution < 1.29 is 18.8 Å². The molecule has 2 aromatic rings. The Bertz CT molecular complexity index is 916. The number of imide groups is 1. The van der Waals surface area contributed by atoms with E-state index in [9.17, 15) is 14.4 Å². The van der Waals surface area contributed by atoms with Crippen molar-refractivity contribution in [1.82, 2.24) is 15.2 Å². The first kappa shape index (κ1) is 15.6. The molecule has 0 saturated carbocycles. The first-order valence-electron chi connectivity index (χ1n) is 7.52. The number of urea groups is 1. The Hall–Kier alpha value is -2.94. The zero-order valence-corrected chi connectivity index (χ0v) is 13.7. The SMILES string of the molecule is O=C(NCCN1C(=O)N=C2C=CSC2C1=O)c1cc2ncccc2o1. The maximum atomic E-state index is 12.3. The average Bonchev–Trinajstić information content (AvgIpc) is 3.23. The number of nitrogens with zero attached hydrogens (tertiary/aromatic N) is 3. The third-order valence-corrected chi connectivity index (χ3v) is 4.81. The number of amides is 4. The molecule has 0 saturated heterocycles. The molecule has 0 bridgehead atoms. The number of pyridine rings is 1. The van der Waals surface area contributed by atoms with Gasteiger partial charge in [-0.3, -0.25) is 19.5 Å². The molecule has 0 spiro atoms. The number of aromatic nitrogens is 1. The monoisotopic (exact) mass is 356 g/mol. The van der Waals surface area contributed by atoms with Crippen LogP contribution in [0.2, 0.25) is 0 Å². The van der Waals surface area contributed by atoms with Crippen LogP contribution in [0.25, 0.3) is 11.1 Å². The summed E-state index contributed by atoms with van der Waals surface area (Å²) in [7, 11) is 0. The number of aliphatic imine (C=N–C) groups is 1. The largest absolute Gasteiger partial charge is 0.449 e. The van der Waals surface area contributed by atoms with Crippen molar-refractivity contribution in [2.75, 3.05) is 13.1 Å². The average molecular weight is 356 g/mol. The van der Waals surface area contributed by atoms with Gasteiger partial charge in [-0.25, -0.2) is 4.79 Å². The van der Waals surface area contributed by atoms with Crippen molar-refractivity contribution in [1.29, 1.82) is 0 Å². The van der Waals surface area contributed by atoms with Crippen LogP contribution in [0.5, 0.6) is 0 Å². The van der Waals surface area contributed by atoms with Crippen LogP contribution in [0, 0.1) is 0 Å². The van der Waals surface area contributed by atoms with Gasteiger partial charge in [0.1, 0.15) is 10.8 Å². The summed E-state index contributed by atoms with van der Waals surface area (Å²) in [6.07, 6.45) is 3.28. The number of carbonyl (C=O) groups excluding carboxylic acids is 3. The molecule has 126 valence electrons. The Balaban J connectivity index is 1.38. The van der Waals surface area contributed by atoms with Crippen LogP contribution in [0.4, 0.5) is 4.79 Å². The van der Waals surface area contributed by atoms with Crippen LogP contribution in [-0.4, -0.2) is 51.8 Å². The third-order valence-electron chi connectivity index (χ3n) is 3.80. The molecule has 0 radical (unpaired) electrons. The van der Waals surface area contributed by atoms with Gasteiger partial charge in [-0.2, -0.15) is 4.99 Å². The minimum atomic E-state index is -0.606. The van der Waals surface area contributed by atoms with E-state index in [2.05, 4.69) is 15.3 Å². The molecule has 0 aromatic carbocycles. The molecular weight excluding hydrogens is 344 g/mol. The maximum absolute atomic E-state index is 12.3. The van der Waals surface area contributed by atoms with Crippen LogP contribution < -0.4 is 5.32 Å². The fraction of sp³-hybridized carbons (Fsp3) is 0.188. The molecule has 1 atom stereocenters. The van der Waals surface area contributed by atoms with E-state index in [1.165, 1.54) is 11.8 Å². The molecule has 1 unspecified atom stereocenters. The van der Waals surface area contributed by atoms with E-state index in [0.717, 1.165) is 4.90 Å². The minimum Gasteiger partial charge on any atom is -0.449 e. The summed E-state index contributed by atoms with van der Waals surface area (Å²) in [4.78, 5) is 45.4. The third kappa shape index (κ3) is 2.82. The number of allylic oxidation sites excluding steroid dienone is 1. The van der Waals surface area contributed by atoms with E-state index < -0.39 is 17.2 Å². The molecule has 2 aromatic heterocycles. The van der Waals surface area contributed by atoms with Crippen molar-refractivity contribution in [3.05, 3.63) is 41.6 Å². The molecule has 4 rings (SSSR count). The summed E-state index contributed by atoms with van der Waals surface area (Å²) in [6.45, 7) is 0.159. The summed E-state index contributed by atoms with van der Waals surface area (Å²) in [5.41, 5.74) is 1.58. The predicted octanol–water partition coefficient (Wildman–Crippen LogP) is 1.59. The van der Waals surface area contributed by atoms with E-state index in [4.69, 9.17) is 4.42 Å². The van der Waals surface area contributed by atoms with Crippen LogP contribution in [0.3, 0.4) is 0 Å². The fourth-order valence-corrected chi connectivity index (χ4v) is 3.48. The molecule has 2 aliphatic rings. The van der Waals surface area contributed by atoms with Crippen molar-refractivity contribution in [3.8, 4) is 0 Å². The van der Waals surface area contributed by atoms with Gasteiger partial charge >= 0.3 is 6.03 Å². The second-order valence-electron chi connectivity index (χ2n) is 5.38. The highest BCUT2D eigenvalue weighted by Crippen LogP contribution is 2.27. The predicted molar refractivity (Wildman–Crippen MR) is 91.4 cm³/mol. The van der Waals surface area contributed by atoms with E-state index >= 15 is 0 Å². The standard InChI is InChI=1S/C16H12N4O4S/c21-14(12-8-10-11(24-12)2-1-4-17-10)18-5-6-20-15(22)13-9(3-7-25-13)19-16(20)23/h1-4,7-8,13H,5-6H2,(H,18,21). The second kappa shape index (κ2) is 6.17. The lowest BCUT2D eigenvalue weighted by atomic mass is 10.2. The van der Waals surface area contributed by atoms with Gasteiger partial charge in [-0.1, -0.05) is 0 Å². The Morgan fingerprint density at radius 3 is 3.12 bits per heavy atom. The maximum Gasteiger partial charge on any atom is 0.350 e. The zero-order chi connectivity index (χ0) is 17.4. The molecule has 2 aliphatic heterocycles. The van der Waals surface area contributed by atoms with Gasteiger partial charge in [-0.15, -0.1) is 11.8 Å². The van der Waals surface area contributed by atoms with E-state index in [0.29, 0.717) is 16.8 Å². The molecule has 25 heavy (non-hydrogen) atoms. The van der Waals surface area contributed by atoms with Crippen LogP contribution >= 0.6 is 11.8 Å². The van der Waals surface area contributed by atoms with E-state index in [1.54, 1.807) is 35.9 Å². The van der Waals surface area contributed by atoms with Gasteiger partial charge in [0.25, 0.3) is 5.91 Å². The Labute approximate surface area is 146 Å². The number of hydrogen-bond donors (Lipinski definition) is 1. The molecular formula is C16H12N4O4S. The number of carbonyl (C=O) groups is 3. The number of fused-ring (bicyclic) bond motifs is 2. The first-order chi connectivity index (χ1) is 12.1. The van der Waals surface area contributed by atoms with Crippen molar-refractivity contribution in [3.63, 3.8) is 0 Å². The Kier molecular flexibility index (Phi) is 3.85. The Morgan fingerprint density at radius 1 is 1.40 bits per heavy atom. The molecule has 4 heterocycles. The summed E-state index contributed by atoms with van der Waals surface area (Å²) < 4.78 is 5.42. The lowest BCUT2D eigenvalue weighted by Gasteiger charge is -2.25. The van der Waals surface area contributed by atoms with Gasteiger partial charge in [0.15, 0.2) is 11.3 Å². The van der Waals surface area contributed by atoms with Crippen LogP contribution in [-0.2, 0) is 4.79 Å². The molecule has 9 heteroatoms. The highest BCUT2D eigenvalue weighted by molar-refractivity contribution is 8.04. The summed E-state index contributed by atoms with van der Waals surface area (Å²) in [5, 5.41) is 3.91. The highest BCUT2D eigenvalue weighted by atomic mass is 32.2. The summed E-state index contributed by atoms with van der Waals surface area (Å²) >= 11 is 1.32. The second-order valence-corrected chi connectivity index (χ2v) is 6.40. The quantitative estimate of drug-likeness (QED) is 0.892. The first-order valence-corrected chi connectivity index (χ1v) is 8.46. The smallest absolute Gasteiger partial charge is 0.350 e. The number of hydrogen-bond acceptors (Lipinski definition) is 6. The summed E-state index contributed by atoms with van der Waals surface area (Å²) in [5.74, 6) is -0.621. The number of nitrogens with one attached hydrogen (secondary N) is 1. The lowest BCUT2D eigenvalue weighted by molar-refractivity contribution is -0.126.